The molecule has 0 radical (unpaired) electrons. The van der Waals surface area contributed by atoms with Gasteiger partial charge >= 0.3 is 0 Å². The third-order valence-electron chi connectivity index (χ3n) is 4.40. The Morgan fingerprint density at radius 1 is 0.583 bits per heavy atom. The lowest BCUT2D eigenvalue weighted by Gasteiger charge is -2.18. The molecule has 0 atom stereocenters. The Balaban J connectivity index is 1.76. The van der Waals surface area contributed by atoms with E-state index in [9.17, 15) is 0 Å². The van der Waals surface area contributed by atoms with Crippen LogP contribution in [0.4, 0.5) is 0 Å². The van der Waals surface area contributed by atoms with Gasteiger partial charge in [-0.25, -0.2) is 0 Å². The van der Waals surface area contributed by atoms with Crippen molar-refractivity contribution < 1.29 is 13.6 Å². The molecule has 6 nitrogen and oxygen atoms in total. The predicted octanol–water partition coefficient (Wildman–Crippen LogP) is 0.566. The highest BCUT2D eigenvalue weighted by atomic mass is 28.2. The number of hydrogen-bond donors (Lipinski definition) is 0. The van der Waals surface area contributed by atoms with Crippen LogP contribution in [0.25, 0.3) is 0 Å². The Hall–Kier alpha value is -1.72. The summed E-state index contributed by atoms with van der Waals surface area (Å²) in [6.07, 6.45) is 3.00. The first-order valence-corrected chi connectivity index (χ1v) is 13.4. The Bertz CT molecular complexity index is 614. The highest BCUT2D eigenvalue weighted by molar-refractivity contribution is 6.31. The molecule has 24 heavy (non-hydrogen) atoms. The molecule has 3 heterocycles. The van der Waals surface area contributed by atoms with Gasteiger partial charge in [0.2, 0.25) is 0 Å². The number of nitrogens with zero attached hydrogens (tertiary/aromatic N) is 3. The SMILES string of the molecule is c1c(C2=NO[SiH2]CC2)cc(C2=NO[SiH2]CC2)cc1C1=NO[SiH2]CC1. The normalized spacial score (nSPS) is 23.8. The van der Waals surface area contributed by atoms with E-state index in [1.165, 1.54) is 0 Å². The molecule has 0 aromatic heterocycles. The molecule has 9 heteroatoms. The largest absolute Gasteiger partial charge is 0.463 e. The second-order valence-corrected chi connectivity index (χ2v) is 10.3. The maximum atomic E-state index is 5.44. The monoisotopic (exact) mass is 375 g/mol. The van der Waals surface area contributed by atoms with Gasteiger partial charge in [0.25, 0.3) is 29.3 Å². The first-order valence-electron chi connectivity index (χ1n) is 8.63. The van der Waals surface area contributed by atoms with Gasteiger partial charge in [-0.1, -0.05) is 0 Å². The van der Waals surface area contributed by atoms with E-state index in [-0.39, 0.29) is 0 Å². The van der Waals surface area contributed by atoms with Gasteiger partial charge in [0, 0.05) is 16.7 Å². The summed E-state index contributed by atoms with van der Waals surface area (Å²) in [7, 11) is -1.35. The lowest BCUT2D eigenvalue weighted by atomic mass is 9.95. The third kappa shape index (κ3) is 3.52. The molecule has 0 bridgehead atoms. The van der Waals surface area contributed by atoms with Crippen molar-refractivity contribution in [2.24, 2.45) is 15.5 Å². The molecular formula is C15H21N3O3Si3. The van der Waals surface area contributed by atoms with Crippen LogP contribution in [0.2, 0.25) is 18.1 Å². The van der Waals surface area contributed by atoms with Crippen molar-refractivity contribution in [2.45, 2.75) is 37.4 Å². The van der Waals surface area contributed by atoms with Gasteiger partial charge in [0.1, 0.15) is 0 Å². The van der Waals surface area contributed by atoms with Crippen LogP contribution in [0, 0.1) is 0 Å². The van der Waals surface area contributed by atoms with E-state index in [0.717, 1.165) is 71.2 Å². The molecular weight excluding hydrogens is 354 g/mol. The van der Waals surface area contributed by atoms with Gasteiger partial charge in [-0.15, -0.1) is 15.5 Å². The molecule has 1 aromatic rings. The van der Waals surface area contributed by atoms with Crippen LogP contribution in [0.5, 0.6) is 0 Å². The topological polar surface area (TPSA) is 64.8 Å². The minimum absolute atomic E-state index is 0.451. The maximum absolute atomic E-state index is 5.44. The van der Waals surface area contributed by atoms with Gasteiger partial charge in [0.05, 0.1) is 17.1 Å². The Labute approximate surface area is 148 Å². The summed E-state index contributed by atoms with van der Waals surface area (Å²) in [4.78, 5) is 0. The van der Waals surface area contributed by atoms with E-state index < -0.39 is 29.3 Å². The molecule has 0 unspecified atom stereocenters. The van der Waals surface area contributed by atoms with Crippen LogP contribution in [-0.4, -0.2) is 46.4 Å². The van der Waals surface area contributed by atoms with Gasteiger partial charge in [0.15, 0.2) is 0 Å². The van der Waals surface area contributed by atoms with Crippen molar-refractivity contribution in [3.05, 3.63) is 34.9 Å². The average Bonchev–Trinajstić information content (AvgIpc) is 2.70. The molecule has 0 saturated carbocycles. The van der Waals surface area contributed by atoms with Crippen LogP contribution in [-0.2, 0) is 13.6 Å². The predicted molar refractivity (Wildman–Crippen MR) is 103 cm³/mol. The molecule has 0 N–H and O–H groups in total. The summed E-state index contributed by atoms with van der Waals surface area (Å²) in [5.74, 6) is 0. The smallest absolute Gasteiger partial charge is 0.258 e. The molecule has 126 valence electrons. The molecule has 3 aliphatic rings. The molecule has 0 saturated heterocycles. The zero-order valence-electron chi connectivity index (χ0n) is 13.7. The summed E-state index contributed by atoms with van der Waals surface area (Å²) in [5.41, 5.74) is 6.47. The van der Waals surface area contributed by atoms with Crippen LogP contribution in [0.1, 0.15) is 36.0 Å². The zero-order valence-corrected chi connectivity index (χ0v) is 17.9. The van der Waals surface area contributed by atoms with Crippen molar-refractivity contribution in [3.63, 3.8) is 0 Å². The van der Waals surface area contributed by atoms with Crippen molar-refractivity contribution in [1.29, 1.82) is 0 Å². The van der Waals surface area contributed by atoms with Gasteiger partial charge in [-0.05, 0) is 55.6 Å². The first kappa shape index (κ1) is 15.8. The van der Waals surface area contributed by atoms with Crippen LogP contribution >= 0.6 is 0 Å². The average molecular weight is 376 g/mol. The second kappa shape index (κ2) is 7.45. The van der Waals surface area contributed by atoms with E-state index in [4.69, 9.17) is 13.6 Å². The number of benzene rings is 1. The van der Waals surface area contributed by atoms with Crippen molar-refractivity contribution in [3.8, 4) is 0 Å². The van der Waals surface area contributed by atoms with E-state index in [1.807, 2.05) is 0 Å². The number of oxime groups is 3. The molecule has 1 aromatic carbocycles. The maximum Gasteiger partial charge on any atom is 0.258 e. The fraction of sp³-hybridized carbons (Fsp3) is 0.400. The van der Waals surface area contributed by atoms with Gasteiger partial charge in [-0.3, -0.25) is 0 Å². The minimum atomic E-state index is -0.451. The standard InChI is InChI=1S/C15H21N3O3Si3/c1-4-22-19-16-13(1)10-7-11(14-2-5-23-20-17-14)9-12(8-10)15-3-6-24-21-18-15/h7-9H,1-6,22-24H2. The van der Waals surface area contributed by atoms with Crippen molar-refractivity contribution in [2.75, 3.05) is 0 Å². The summed E-state index contributed by atoms with van der Waals surface area (Å²) >= 11 is 0. The third-order valence-corrected chi connectivity index (χ3v) is 7.27. The molecule has 4 rings (SSSR count). The van der Waals surface area contributed by atoms with Crippen molar-refractivity contribution in [1.82, 2.24) is 0 Å². The molecule has 0 aliphatic carbocycles. The molecule has 3 aliphatic heterocycles. The van der Waals surface area contributed by atoms with Crippen molar-refractivity contribution >= 4 is 46.4 Å². The highest BCUT2D eigenvalue weighted by Gasteiger charge is 2.18. The summed E-state index contributed by atoms with van der Waals surface area (Å²) in [5, 5.41) is 13.0. The summed E-state index contributed by atoms with van der Waals surface area (Å²) in [6.45, 7) is 0. The van der Waals surface area contributed by atoms with Gasteiger partial charge in [-0.2, -0.15) is 0 Å². The summed E-state index contributed by atoms with van der Waals surface area (Å²) in [6, 6.07) is 9.95. The first-order chi connectivity index (χ1) is 11.9. The fourth-order valence-electron chi connectivity index (χ4n) is 3.14. The van der Waals surface area contributed by atoms with Gasteiger partial charge < -0.3 is 13.6 Å². The minimum Gasteiger partial charge on any atom is -0.463 e. The van der Waals surface area contributed by atoms with E-state index in [2.05, 4.69) is 33.7 Å². The molecule has 0 spiro atoms. The quantitative estimate of drug-likeness (QED) is 0.726. The Morgan fingerprint density at radius 2 is 0.917 bits per heavy atom. The molecule has 0 fully saturated rings. The molecule has 0 amide bonds. The van der Waals surface area contributed by atoms with E-state index >= 15 is 0 Å². The highest BCUT2D eigenvalue weighted by Crippen LogP contribution is 2.22. The lowest BCUT2D eigenvalue weighted by molar-refractivity contribution is 0.353. The Morgan fingerprint density at radius 3 is 1.17 bits per heavy atom. The van der Waals surface area contributed by atoms with E-state index in [1.54, 1.807) is 0 Å². The number of rotatable bonds is 3. The second-order valence-electron chi connectivity index (χ2n) is 6.22. The van der Waals surface area contributed by atoms with Crippen LogP contribution < -0.4 is 0 Å². The van der Waals surface area contributed by atoms with Crippen LogP contribution in [0.3, 0.4) is 0 Å². The Kier molecular flexibility index (Phi) is 4.90. The van der Waals surface area contributed by atoms with Crippen LogP contribution in [0.15, 0.2) is 33.7 Å². The number of hydrogen-bond acceptors (Lipinski definition) is 6. The zero-order chi connectivity index (χ0) is 16.2. The fourth-order valence-corrected chi connectivity index (χ4v) is 5.71. The lowest BCUT2D eigenvalue weighted by Crippen LogP contribution is -2.17. The van der Waals surface area contributed by atoms with E-state index in [0.29, 0.717) is 0 Å². The summed E-state index contributed by atoms with van der Waals surface area (Å²) < 4.78 is 16.3.